The van der Waals surface area contributed by atoms with Crippen LogP contribution in [0.25, 0.3) is 5.57 Å². The number of benzene rings is 1. The number of dihydropyridines is 1. The van der Waals surface area contributed by atoms with Crippen LogP contribution < -0.4 is 4.90 Å². The summed E-state index contributed by atoms with van der Waals surface area (Å²) in [6.07, 6.45) is 8.39. The molecule has 0 unspecified atom stereocenters. The third kappa shape index (κ3) is 3.11. The van der Waals surface area contributed by atoms with E-state index in [1.54, 1.807) is 4.90 Å². The van der Waals surface area contributed by atoms with Crippen molar-refractivity contribution in [3.63, 3.8) is 0 Å². The number of carbonyl (C=O) groups is 2. The fraction of sp³-hybridized carbons (Fsp3) is 0.348. The molecule has 0 aromatic heterocycles. The van der Waals surface area contributed by atoms with E-state index in [9.17, 15) is 9.59 Å². The molecule has 0 fully saturated rings. The van der Waals surface area contributed by atoms with Crippen molar-refractivity contribution >= 4 is 29.3 Å². The van der Waals surface area contributed by atoms with E-state index >= 15 is 0 Å². The van der Waals surface area contributed by atoms with Crippen LogP contribution in [0.15, 0.2) is 52.6 Å². The van der Waals surface area contributed by atoms with Crippen molar-refractivity contribution in [3.8, 4) is 0 Å². The molecule has 1 aromatic rings. The fourth-order valence-electron chi connectivity index (χ4n) is 4.01. The number of rotatable bonds is 3. The molecule has 4 rings (SSSR count). The van der Waals surface area contributed by atoms with Crippen LogP contribution in [-0.4, -0.2) is 48.6 Å². The number of amides is 2. The fourth-order valence-corrected chi connectivity index (χ4v) is 4.01. The smallest absolute Gasteiger partial charge is 0.255 e. The monoisotopic (exact) mass is 375 g/mol. The van der Waals surface area contributed by atoms with E-state index in [1.807, 2.05) is 62.2 Å². The van der Waals surface area contributed by atoms with Gasteiger partial charge in [0, 0.05) is 36.6 Å². The Bertz CT molecular complexity index is 952. The van der Waals surface area contributed by atoms with Gasteiger partial charge in [0.1, 0.15) is 0 Å². The molecule has 2 amide bonds. The Morgan fingerprint density at radius 2 is 2.04 bits per heavy atom. The Balaban J connectivity index is 1.80. The molecule has 0 spiro atoms. The third-order valence-electron chi connectivity index (χ3n) is 5.52. The summed E-state index contributed by atoms with van der Waals surface area (Å²) in [5, 5.41) is 0. The van der Waals surface area contributed by atoms with Crippen molar-refractivity contribution < 1.29 is 9.59 Å². The number of aliphatic imine (C=N–C) groups is 1. The Kier molecular flexibility index (Phi) is 4.75. The van der Waals surface area contributed by atoms with Crippen molar-refractivity contribution in [1.82, 2.24) is 4.90 Å². The van der Waals surface area contributed by atoms with Gasteiger partial charge in [-0.25, -0.2) is 0 Å². The molecule has 0 aliphatic carbocycles. The van der Waals surface area contributed by atoms with Crippen LogP contribution >= 0.6 is 0 Å². The Morgan fingerprint density at radius 1 is 1.21 bits per heavy atom. The Labute approximate surface area is 165 Å². The number of carbonyl (C=O) groups excluding carboxylic acids is 2. The van der Waals surface area contributed by atoms with Crippen molar-refractivity contribution in [3.05, 3.63) is 58.7 Å². The van der Waals surface area contributed by atoms with Gasteiger partial charge in [0.05, 0.1) is 13.0 Å². The molecule has 5 heteroatoms. The molecule has 3 aliphatic heterocycles. The molecule has 1 aromatic carbocycles. The number of fused-ring (bicyclic) bond motifs is 1. The zero-order chi connectivity index (χ0) is 19.8. The lowest BCUT2D eigenvalue weighted by Gasteiger charge is -2.33. The van der Waals surface area contributed by atoms with E-state index in [2.05, 4.69) is 11.1 Å². The molecule has 0 saturated carbocycles. The molecular formula is C23H25N3O2. The van der Waals surface area contributed by atoms with Crippen LogP contribution in [0.5, 0.6) is 0 Å². The van der Waals surface area contributed by atoms with Crippen LogP contribution in [-0.2, 0) is 16.0 Å². The van der Waals surface area contributed by atoms with Gasteiger partial charge in [-0.15, -0.1) is 0 Å². The largest absolute Gasteiger partial charge is 0.332 e. The van der Waals surface area contributed by atoms with E-state index in [4.69, 9.17) is 0 Å². The first-order valence-electron chi connectivity index (χ1n) is 9.85. The van der Waals surface area contributed by atoms with Gasteiger partial charge >= 0.3 is 0 Å². The van der Waals surface area contributed by atoms with Crippen molar-refractivity contribution in [2.45, 2.75) is 33.2 Å². The summed E-state index contributed by atoms with van der Waals surface area (Å²) in [4.78, 5) is 33.4. The van der Waals surface area contributed by atoms with E-state index < -0.39 is 0 Å². The zero-order valence-electron chi connectivity index (χ0n) is 16.6. The maximum absolute atomic E-state index is 13.2. The zero-order valence-corrected chi connectivity index (χ0v) is 16.6. The highest BCUT2D eigenvalue weighted by Gasteiger charge is 2.31. The quantitative estimate of drug-likeness (QED) is 0.815. The predicted octanol–water partition coefficient (Wildman–Crippen LogP) is 3.17. The van der Waals surface area contributed by atoms with E-state index in [-0.39, 0.29) is 17.9 Å². The minimum Gasteiger partial charge on any atom is -0.332 e. The number of nitrogens with zero attached hydrogens (tertiary/aromatic N) is 3. The standard InChI is InChI=1S/C23H25N3O2/c1-4-25-21-8-7-16(10-18(21)12-22(25)27)20-11-19(17-6-5-9-24-13-17)14-26(15(2)3)23(20)28/h5-8,10-11,13,15H,4,9,12,14H2,1-3H3. The molecule has 0 saturated heterocycles. The summed E-state index contributed by atoms with van der Waals surface area (Å²) in [5.41, 5.74) is 5.65. The van der Waals surface area contributed by atoms with Crippen molar-refractivity contribution in [2.24, 2.45) is 4.99 Å². The van der Waals surface area contributed by atoms with Crippen LogP contribution in [0.3, 0.4) is 0 Å². The lowest BCUT2D eigenvalue weighted by atomic mass is 9.92. The summed E-state index contributed by atoms with van der Waals surface area (Å²) in [6, 6.07) is 6.03. The number of anilines is 1. The van der Waals surface area contributed by atoms with Crippen LogP contribution in [0, 0.1) is 0 Å². The van der Waals surface area contributed by atoms with Crippen LogP contribution in [0.1, 0.15) is 31.9 Å². The number of likely N-dealkylation sites (N-methyl/N-ethyl adjacent to an activating group) is 1. The predicted molar refractivity (Wildman–Crippen MR) is 113 cm³/mol. The van der Waals surface area contributed by atoms with E-state index in [0.717, 1.165) is 28.0 Å². The lowest BCUT2D eigenvalue weighted by Crippen LogP contribution is -2.41. The molecule has 0 bridgehead atoms. The number of hydrogen-bond donors (Lipinski definition) is 0. The first-order valence-corrected chi connectivity index (χ1v) is 9.85. The Morgan fingerprint density at radius 3 is 2.71 bits per heavy atom. The summed E-state index contributed by atoms with van der Waals surface area (Å²) < 4.78 is 0. The van der Waals surface area contributed by atoms with Gasteiger partial charge < -0.3 is 9.80 Å². The average Bonchev–Trinajstić information content (AvgIpc) is 3.02. The first-order chi connectivity index (χ1) is 13.5. The van der Waals surface area contributed by atoms with Gasteiger partial charge in [-0.1, -0.05) is 18.2 Å². The normalized spacial score (nSPS) is 21.6. The van der Waals surface area contributed by atoms with Gasteiger partial charge in [-0.05, 0) is 61.3 Å². The number of hydrogen-bond acceptors (Lipinski definition) is 3. The second kappa shape index (κ2) is 7.23. The highest BCUT2D eigenvalue weighted by molar-refractivity contribution is 6.21. The van der Waals surface area contributed by atoms with E-state index in [0.29, 0.717) is 31.6 Å². The van der Waals surface area contributed by atoms with Crippen LogP contribution in [0.2, 0.25) is 0 Å². The molecular weight excluding hydrogens is 350 g/mol. The van der Waals surface area contributed by atoms with Gasteiger partial charge in [-0.3, -0.25) is 14.6 Å². The average molecular weight is 375 g/mol. The first kappa shape index (κ1) is 18.4. The lowest BCUT2D eigenvalue weighted by molar-refractivity contribution is -0.126. The van der Waals surface area contributed by atoms with Gasteiger partial charge in [0.25, 0.3) is 5.91 Å². The second-order valence-corrected chi connectivity index (χ2v) is 7.62. The second-order valence-electron chi connectivity index (χ2n) is 7.62. The van der Waals surface area contributed by atoms with Crippen molar-refractivity contribution in [2.75, 3.05) is 24.5 Å². The highest BCUT2D eigenvalue weighted by atomic mass is 16.2. The summed E-state index contributed by atoms with van der Waals surface area (Å²) in [7, 11) is 0. The van der Waals surface area contributed by atoms with Gasteiger partial charge in [-0.2, -0.15) is 0 Å². The van der Waals surface area contributed by atoms with Gasteiger partial charge in [0.2, 0.25) is 5.91 Å². The van der Waals surface area contributed by atoms with Gasteiger partial charge in [0.15, 0.2) is 0 Å². The highest BCUT2D eigenvalue weighted by Crippen LogP contribution is 2.34. The van der Waals surface area contributed by atoms with Crippen molar-refractivity contribution in [1.29, 1.82) is 0 Å². The van der Waals surface area contributed by atoms with E-state index in [1.165, 1.54) is 0 Å². The summed E-state index contributed by atoms with van der Waals surface area (Å²) in [6.45, 7) is 8.00. The summed E-state index contributed by atoms with van der Waals surface area (Å²) in [5.74, 6) is 0.154. The maximum atomic E-state index is 13.2. The number of allylic oxidation sites excluding steroid dienone is 2. The third-order valence-corrected chi connectivity index (χ3v) is 5.52. The molecule has 28 heavy (non-hydrogen) atoms. The Hall–Kier alpha value is -2.95. The maximum Gasteiger partial charge on any atom is 0.255 e. The molecule has 3 aliphatic rings. The van der Waals surface area contributed by atoms with Crippen LogP contribution in [0.4, 0.5) is 5.69 Å². The molecule has 144 valence electrons. The molecule has 0 atom stereocenters. The molecule has 3 heterocycles. The molecule has 5 nitrogen and oxygen atoms in total. The minimum atomic E-state index is 0.0349. The SMILES string of the molecule is CCN1C(=O)Cc2cc(C3=CC(=C4C=CCN=C4)CN(C(C)C)C3=O)ccc21. The molecule has 0 radical (unpaired) electrons. The summed E-state index contributed by atoms with van der Waals surface area (Å²) >= 11 is 0. The topological polar surface area (TPSA) is 53.0 Å². The molecule has 0 N–H and O–H groups in total. The minimum absolute atomic E-state index is 0.0349.